The van der Waals surface area contributed by atoms with Crippen LogP contribution in [-0.4, -0.2) is 18.5 Å². The fourth-order valence-electron chi connectivity index (χ4n) is 1.95. The van der Waals surface area contributed by atoms with Crippen LogP contribution in [0.4, 0.5) is 0 Å². The molecule has 0 aromatic heterocycles. The third-order valence-corrected chi connectivity index (χ3v) is 3.76. The molecule has 1 rings (SSSR count). The second-order valence-corrected chi connectivity index (χ2v) is 5.40. The van der Waals surface area contributed by atoms with Gasteiger partial charge in [0.25, 0.3) is 0 Å². The van der Waals surface area contributed by atoms with Crippen LogP contribution in [0.25, 0.3) is 0 Å². The summed E-state index contributed by atoms with van der Waals surface area (Å²) < 4.78 is 5.39. The van der Waals surface area contributed by atoms with Crippen molar-refractivity contribution in [3.8, 4) is 5.75 Å². The summed E-state index contributed by atoms with van der Waals surface area (Å²) in [4.78, 5) is 0. The summed E-state index contributed by atoms with van der Waals surface area (Å²) in [5, 5.41) is 3.60. The van der Waals surface area contributed by atoms with E-state index in [1.54, 1.807) is 7.11 Å². The molecular formula is C15H24ClNO. The minimum absolute atomic E-state index is 0.0938. The molecule has 0 heterocycles. The molecule has 102 valence electrons. The van der Waals surface area contributed by atoms with Gasteiger partial charge in [0.15, 0.2) is 0 Å². The molecule has 1 unspecified atom stereocenters. The fraction of sp³-hybridized carbons (Fsp3) is 0.600. The molecule has 1 aromatic carbocycles. The fourth-order valence-corrected chi connectivity index (χ4v) is 2.37. The molecule has 1 N–H and O–H groups in total. The molecule has 0 fully saturated rings. The van der Waals surface area contributed by atoms with Crippen LogP contribution in [0.5, 0.6) is 5.75 Å². The summed E-state index contributed by atoms with van der Waals surface area (Å²) in [5.74, 6) is 1.62. The zero-order valence-corrected chi connectivity index (χ0v) is 12.6. The zero-order valence-electron chi connectivity index (χ0n) is 11.8. The van der Waals surface area contributed by atoms with E-state index in [1.165, 1.54) is 11.1 Å². The lowest BCUT2D eigenvalue weighted by Gasteiger charge is -2.29. The molecule has 1 aromatic rings. The molecule has 2 nitrogen and oxygen atoms in total. The van der Waals surface area contributed by atoms with Gasteiger partial charge in [-0.3, -0.25) is 0 Å². The topological polar surface area (TPSA) is 21.3 Å². The van der Waals surface area contributed by atoms with Gasteiger partial charge in [0.1, 0.15) is 5.75 Å². The smallest absolute Gasteiger partial charge is 0.123 e. The predicted octanol–water partition coefficient (Wildman–Crippen LogP) is 3.89. The molecule has 0 aliphatic heterocycles. The highest BCUT2D eigenvalue weighted by Crippen LogP contribution is 2.22. The highest BCUT2D eigenvalue weighted by atomic mass is 35.5. The van der Waals surface area contributed by atoms with Crippen molar-refractivity contribution in [1.82, 2.24) is 5.32 Å². The molecule has 0 saturated carbocycles. The van der Waals surface area contributed by atoms with Crippen LogP contribution in [0.1, 0.15) is 37.8 Å². The predicted molar refractivity (Wildman–Crippen MR) is 78.6 cm³/mol. The number of hydrogen-bond donors (Lipinski definition) is 1. The second kappa shape index (κ2) is 7.01. The van der Waals surface area contributed by atoms with Crippen molar-refractivity contribution in [2.45, 2.75) is 45.7 Å². The van der Waals surface area contributed by atoms with Crippen molar-refractivity contribution in [3.63, 3.8) is 0 Å². The van der Waals surface area contributed by atoms with Crippen molar-refractivity contribution in [1.29, 1.82) is 0 Å². The van der Waals surface area contributed by atoms with E-state index in [4.69, 9.17) is 16.3 Å². The number of benzene rings is 1. The molecule has 18 heavy (non-hydrogen) atoms. The highest BCUT2D eigenvalue weighted by molar-refractivity contribution is 6.17. The standard InChI is InChI=1S/C15H24ClNO/c1-5-15(3,8-9-16)17-11-13-10-12(2)6-7-14(13)18-4/h6-7,10,17H,5,8-9,11H2,1-4H3. The van der Waals surface area contributed by atoms with E-state index in [2.05, 4.69) is 38.2 Å². The molecule has 0 aliphatic rings. The molecule has 3 heteroatoms. The lowest BCUT2D eigenvalue weighted by atomic mass is 9.95. The van der Waals surface area contributed by atoms with Gasteiger partial charge in [0.2, 0.25) is 0 Å². The largest absolute Gasteiger partial charge is 0.496 e. The molecule has 1 atom stereocenters. The van der Waals surface area contributed by atoms with Gasteiger partial charge in [-0.2, -0.15) is 0 Å². The minimum Gasteiger partial charge on any atom is -0.496 e. The van der Waals surface area contributed by atoms with Crippen LogP contribution in [0.3, 0.4) is 0 Å². The summed E-state index contributed by atoms with van der Waals surface area (Å²) in [6.45, 7) is 7.32. The van der Waals surface area contributed by atoms with Gasteiger partial charge >= 0.3 is 0 Å². The molecule has 0 spiro atoms. The first-order chi connectivity index (χ1) is 8.54. The van der Waals surface area contributed by atoms with Crippen molar-refractivity contribution >= 4 is 11.6 Å². The number of hydrogen-bond acceptors (Lipinski definition) is 2. The van der Waals surface area contributed by atoms with E-state index in [1.807, 2.05) is 6.07 Å². The number of rotatable bonds is 7. The second-order valence-electron chi connectivity index (χ2n) is 5.02. The highest BCUT2D eigenvalue weighted by Gasteiger charge is 2.20. The van der Waals surface area contributed by atoms with Gasteiger partial charge in [0, 0.05) is 23.5 Å². The maximum absolute atomic E-state index is 5.87. The Hall–Kier alpha value is -0.730. The number of aryl methyl sites for hydroxylation is 1. The Morgan fingerprint density at radius 2 is 2.11 bits per heavy atom. The van der Waals surface area contributed by atoms with E-state index >= 15 is 0 Å². The van der Waals surface area contributed by atoms with Crippen molar-refractivity contribution in [2.24, 2.45) is 0 Å². The molecule has 0 aliphatic carbocycles. The van der Waals surface area contributed by atoms with Crippen molar-refractivity contribution in [3.05, 3.63) is 29.3 Å². The van der Waals surface area contributed by atoms with Crippen LogP contribution in [0, 0.1) is 6.92 Å². The van der Waals surface area contributed by atoms with Gasteiger partial charge < -0.3 is 10.1 Å². The van der Waals surface area contributed by atoms with Crippen LogP contribution >= 0.6 is 11.6 Å². The Kier molecular flexibility index (Phi) is 5.97. The molecule has 0 bridgehead atoms. The lowest BCUT2D eigenvalue weighted by molar-refractivity contribution is 0.326. The summed E-state index contributed by atoms with van der Waals surface area (Å²) in [5.41, 5.74) is 2.55. The maximum Gasteiger partial charge on any atom is 0.123 e. The minimum atomic E-state index is 0.0938. The van der Waals surface area contributed by atoms with Gasteiger partial charge in [-0.05, 0) is 32.8 Å². The van der Waals surface area contributed by atoms with Gasteiger partial charge in [-0.1, -0.05) is 24.6 Å². The third-order valence-electron chi connectivity index (χ3n) is 3.57. The molecule has 0 radical (unpaired) electrons. The Morgan fingerprint density at radius 1 is 1.39 bits per heavy atom. The number of nitrogens with one attached hydrogen (secondary N) is 1. The average Bonchev–Trinajstić information content (AvgIpc) is 2.37. The quantitative estimate of drug-likeness (QED) is 0.759. The summed E-state index contributed by atoms with van der Waals surface area (Å²) in [6.07, 6.45) is 2.03. The third kappa shape index (κ3) is 4.18. The first kappa shape index (κ1) is 15.3. The number of methoxy groups -OCH3 is 1. The summed E-state index contributed by atoms with van der Waals surface area (Å²) >= 11 is 5.87. The van der Waals surface area contributed by atoms with Crippen LogP contribution in [0.15, 0.2) is 18.2 Å². The summed E-state index contributed by atoms with van der Waals surface area (Å²) in [7, 11) is 1.71. The van der Waals surface area contributed by atoms with E-state index in [-0.39, 0.29) is 5.54 Å². The van der Waals surface area contributed by atoms with Crippen LogP contribution < -0.4 is 10.1 Å². The SMILES string of the molecule is CCC(C)(CCCl)NCc1cc(C)ccc1OC. The first-order valence-corrected chi connectivity index (χ1v) is 7.02. The maximum atomic E-state index is 5.87. The Morgan fingerprint density at radius 3 is 2.67 bits per heavy atom. The van der Waals surface area contributed by atoms with E-state index < -0.39 is 0 Å². The number of ether oxygens (including phenoxy) is 1. The van der Waals surface area contributed by atoms with Crippen molar-refractivity contribution < 1.29 is 4.74 Å². The van der Waals surface area contributed by atoms with Gasteiger partial charge in [0.05, 0.1) is 7.11 Å². The van der Waals surface area contributed by atoms with E-state index in [0.717, 1.165) is 25.1 Å². The normalized spacial score (nSPS) is 14.3. The molecule has 0 saturated heterocycles. The lowest BCUT2D eigenvalue weighted by Crippen LogP contribution is -2.41. The molecular weight excluding hydrogens is 246 g/mol. The Bertz CT molecular complexity index is 381. The van der Waals surface area contributed by atoms with Crippen molar-refractivity contribution in [2.75, 3.05) is 13.0 Å². The monoisotopic (exact) mass is 269 g/mol. The average molecular weight is 270 g/mol. The van der Waals surface area contributed by atoms with Crippen LogP contribution in [-0.2, 0) is 6.54 Å². The number of alkyl halides is 1. The van der Waals surface area contributed by atoms with Gasteiger partial charge in [-0.25, -0.2) is 0 Å². The van der Waals surface area contributed by atoms with E-state index in [9.17, 15) is 0 Å². The number of halogens is 1. The molecule has 0 amide bonds. The van der Waals surface area contributed by atoms with E-state index in [0.29, 0.717) is 5.88 Å². The summed E-state index contributed by atoms with van der Waals surface area (Å²) in [6, 6.07) is 6.26. The first-order valence-electron chi connectivity index (χ1n) is 6.49. The Labute approximate surface area is 116 Å². The zero-order chi connectivity index (χ0) is 13.6. The van der Waals surface area contributed by atoms with Crippen LogP contribution in [0.2, 0.25) is 0 Å². The Balaban J connectivity index is 2.75. The van der Waals surface area contributed by atoms with Gasteiger partial charge in [-0.15, -0.1) is 11.6 Å².